The van der Waals surface area contributed by atoms with Gasteiger partial charge in [-0.15, -0.1) is 11.3 Å². The predicted octanol–water partition coefficient (Wildman–Crippen LogP) is 2.57. The highest BCUT2D eigenvalue weighted by Gasteiger charge is 2.38. The molecule has 0 radical (unpaired) electrons. The first-order valence-electron chi connectivity index (χ1n) is 7.21. The summed E-state index contributed by atoms with van der Waals surface area (Å²) < 4.78 is 27.4. The Hall–Kier alpha value is -0.920. The van der Waals surface area contributed by atoms with E-state index < -0.39 is 16.0 Å². The normalized spacial score (nSPS) is 19.1. The third kappa shape index (κ3) is 3.14. The highest BCUT2D eigenvalue weighted by Crippen LogP contribution is 2.38. The number of carbonyl (C=O) groups is 1. The molecule has 0 saturated heterocycles. The van der Waals surface area contributed by atoms with Crippen molar-refractivity contribution >= 4 is 27.3 Å². The van der Waals surface area contributed by atoms with Gasteiger partial charge in [0, 0.05) is 13.1 Å². The lowest BCUT2D eigenvalue weighted by Crippen LogP contribution is -2.35. The summed E-state index contributed by atoms with van der Waals surface area (Å²) in [7, 11) is -3.71. The molecule has 1 heterocycles. The number of rotatable bonds is 7. The summed E-state index contributed by atoms with van der Waals surface area (Å²) in [6.07, 6.45) is 4.30. The maximum Gasteiger partial charge on any atom is 0.347 e. The Balaban J connectivity index is 1.95. The molecule has 0 bridgehead atoms. The first-order valence-corrected chi connectivity index (χ1v) is 9.53. The van der Waals surface area contributed by atoms with Gasteiger partial charge >= 0.3 is 5.97 Å². The molecule has 2 fully saturated rings. The second kappa shape index (κ2) is 5.37. The van der Waals surface area contributed by atoms with E-state index in [1.165, 1.54) is 4.31 Å². The first-order chi connectivity index (χ1) is 9.89. The van der Waals surface area contributed by atoms with E-state index in [-0.39, 0.29) is 9.77 Å². The van der Waals surface area contributed by atoms with Crippen LogP contribution in [0.3, 0.4) is 0 Å². The highest BCUT2D eigenvalue weighted by atomic mass is 32.2. The molecule has 0 aliphatic heterocycles. The average Bonchev–Trinajstić information content (AvgIpc) is 3.30. The largest absolute Gasteiger partial charge is 0.477 e. The van der Waals surface area contributed by atoms with Crippen LogP contribution >= 0.6 is 11.3 Å². The van der Waals surface area contributed by atoms with Crippen LogP contribution in [0.4, 0.5) is 0 Å². The first kappa shape index (κ1) is 15.0. The molecule has 0 amide bonds. The molecule has 2 aliphatic carbocycles. The SMILES string of the molecule is Cc1csc(C(=O)O)c1S(=O)(=O)N(CC1CC1)CC1CC1. The van der Waals surface area contributed by atoms with Crippen molar-refractivity contribution in [2.45, 2.75) is 37.5 Å². The average molecular weight is 329 g/mol. The molecule has 1 N–H and O–H groups in total. The Labute approximate surface area is 128 Å². The molecule has 0 atom stereocenters. The van der Waals surface area contributed by atoms with Crippen LogP contribution in [0.2, 0.25) is 0 Å². The third-order valence-corrected chi connectivity index (χ3v) is 7.26. The molecular weight excluding hydrogens is 310 g/mol. The van der Waals surface area contributed by atoms with Gasteiger partial charge in [-0.1, -0.05) is 0 Å². The molecule has 7 heteroatoms. The van der Waals surface area contributed by atoms with Crippen LogP contribution in [0, 0.1) is 18.8 Å². The van der Waals surface area contributed by atoms with Gasteiger partial charge in [-0.05, 0) is 55.4 Å². The molecule has 1 aromatic rings. The van der Waals surface area contributed by atoms with Crippen molar-refractivity contribution in [2.75, 3.05) is 13.1 Å². The maximum absolute atomic E-state index is 12.9. The smallest absolute Gasteiger partial charge is 0.347 e. The second-order valence-corrected chi connectivity index (χ2v) is 8.85. The van der Waals surface area contributed by atoms with Crippen LogP contribution in [-0.2, 0) is 10.0 Å². The van der Waals surface area contributed by atoms with Gasteiger partial charge < -0.3 is 5.11 Å². The molecule has 0 spiro atoms. The zero-order valence-electron chi connectivity index (χ0n) is 11.9. The Kier molecular flexibility index (Phi) is 3.83. The Morgan fingerprint density at radius 3 is 2.24 bits per heavy atom. The Bertz CT molecular complexity index is 643. The number of aromatic carboxylic acids is 1. The Morgan fingerprint density at radius 1 is 1.29 bits per heavy atom. The number of sulfonamides is 1. The van der Waals surface area contributed by atoms with E-state index in [1.807, 2.05) is 0 Å². The van der Waals surface area contributed by atoms with E-state index in [2.05, 4.69) is 0 Å². The minimum absolute atomic E-state index is 0.00120. The summed E-state index contributed by atoms with van der Waals surface area (Å²) in [5, 5.41) is 10.9. The van der Waals surface area contributed by atoms with Crippen LogP contribution in [0.15, 0.2) is 10.3 Å². The van der Waals surface area contributed by atoms with Gasteiger partial charge in [0.15, 0.2) is 0 Å². The number of hydrogen-bond donors (Lipinski definition) is 1. The standard InChI is InChI=1S/C14H19NO4S2/c1-9-8-20-12(14(16)17)13(9)21(18,19)15(6-10-2-3-10)7-11-4-5-11/h8,10-11H,2-7H2,1H3,(H,16,17). The van der Waals surface area contributed by atoms with Crippen molar-refractivity contribution in [3.05, 3.63) is 15.8 Å². The van der Waals surface area contributed by atoms with Crippen molar-refractivity contribution < 1.29 is 18.3 Å². The van der Waals surface area contributed by atoms with Crippen molar-refractivity contribution in [1.29, 1.82) is 0 Å². The van der Waals surface area contributed by atoms with E-state index in [0.29, 0.717) is 30.5 Å². The van der Waals surface area contributed by atoms with Crippen LogP contribution in [0.25, 0.3) is 0 Å². The van der Waals surface area contributed by atoms with Crippen molar-refractivity contribution in [1.82, 2.24) is 4.31 Å². The van der Waals surface area contributed by atoms with Gasteiger partial charge in [-0.2, -0.15) is 4.31 Å². The summed E-state index contributed by atoms with van der Waals surface area (Å²) in [5.74, 6) is -0.263. The van der Waals surface area contributed by atoms with Crippen molar-refractivity contribution in [2.24, 2.45) is 11.8 Å². The number of carboxylic acids is 1. The fraction of sp³-hybridized carbons (Fsp3) is 0.643. The van der Waals surface area contributed by atoms with Gasteiger partial charge in [0.05, 0.1) is 0 Å². The molecular formula is C14H19NO4S2. The predicted molar refractivity (Wildman–Crippen MR) is 80.2 cm³/mol. The number of nitrogens with zero attached hydrogens (tertiary/aromatic N) is 1. The minimum atomic E-state index is -3.71. The van der Waals surface area contributed by atoms with Crippen LogP contribution < -0.4 is 0 Å². The lowest BCUT2D eigenvalue weighted by atomic mass is 10.3. The molecule has 2 aliphatic rings. The molecule has 3 rings (SSSR count). The van der Waals surface area contributed by atoms with E-state index >= 15 is 0 Å². The fourth-order valence-electron chi connectivity index (χ4n) is 2.48. The lowest BCUT2D eigenvalue weighted by molar-refractivity contribution is 0.0698. The summed E-state index contributed by atoms with van der Waals surface area (Å²) in [6.45, 7) is 2.74. The molecule has 5 nitrogen and oxygen atoms in total. The highest BCUT2D eigenvalue weighted by molar-refractivity contribution is 7.89. The topological polar surface area (TPSA) is 74.7 Å². The number of carboxylic acid groups (broad SMARTS) is 1. The summed E-state index contributed by atoms with van der Waals surface area (Å²) in [6, 6.07) is 0. The van der Waals surface area contributed by atoms with Gasteiger partial charge in [0.25, 0.3) is 0 Å². The lowest BCUT2D eigenvalue weighted by Gasteiger charge is -2.22. The van der Waals surface area contributed by atoms with Gasteiger partial charge in [0.1, 0.15) is 9.77 Å². The van der Waals surface area contributed by atoms with Crippen LogP contribution in [0.1, 0.15) is 40.9 Å². The Morgan fingerprint density at radius 2 is 1.81 bits per heavy atom. The summed E-state index contributed by atoms with van der Waals surface area (Å²) in [4.78, 5) is 11.2. The second-order valence-electron chi connectivity index (χ2n) is 6.09. The van der Waals surface area contributed by atoms with Crippen molar-refractivity contribution in [3.63, 3.8) is 0 Å². The monoisotopic (exact) mass is 329 g/mol. The minimum Gasteiger partial charge on any atom is -0.477 e. The van der Waals surface area contributed by atoms with Crippen LogP contribution in [-0.4, -0.2) is 36.9 Å². The van der Waals surface area contributed by atoms with E-state index in [0.717, 1.165) is 37.0 Å². The van der Waals surface area contributed by atoms with Gasteiger partial charge in [0.2, 0.25) is 10.0 Å². The molecule has 116 valence electrons. The fourth-order valence-corrected chi connectivity index (χ4v) is 5.65. The van der Waals surface area contributed by atoms with Gasteiger partial charge in [-0.3, -0.25) is 0 Å². The van der Waals surface area contributed by atoms with Gasteiger partial charge in [-0.25, -0.2) is 13.2 Å². The molecule has 2 saturated carbocycles. The van der Waals surface area contributed by atoms with Crippen LogP contribution in [0.5, 0.6) is 0 Å². The molecule has 21 heavy (non-hydrogen) atoms. The zero-order valence-corrected chi connectivity index (χ0v) is 13.5. The molecule has 0 aromatic carbocycles. The maximum atomic E-state index is 12.9. The van der Waals surface area contributed by atoms with E-state index in [4.69, 9.17) is 0 Å². The summed E-state index contributed by atoms with van der Waals surface area (Å²) in [5.41, 5.74) is 0.536. The molecule has 0 unspecified atom stereocenters. The number of aryl methyl sites for hydroxylation is 1. The summed E-state index contributed by atoms with van der Waals surface area (Å²) >= 11 is 0.992. The number of thiophene rings is 1. The quantitative estimate of drug-likeness (QED) is 0.834. The van der Waals surface area contributed by atoms with E-state index in [9.17, 15) is 18.3 Å². The third-order valence-electron chi connectivity index (χ3n) is 4.03. The number of hydrogen-bond acceptors (Lipinski definition) is 4. The zero-order chi connectivity index (χ0) is 15.2. The molecule has 1 aromatic heterocycles. The van der Waals surface area contributed by atoms with E-state index in [1.54, 1.807) is 12.3 Å². The van der Waals surface area contributed by atoms with Crippen molar-refractivity contribution in [3.8, 4) is 0 Å².